The number of benzene rings is 1. The zero-order chi connectivity index (χ0) is 44.9. The Hall–Kier alpha value is -2.44. The zero-order valence-corrected chi connectivity index (χ0v) is 38.3. The summed E-state index contributed by atoms with van der Waals surface area (Å²) in [6, 6.07) is 8.43. The van der Waals surface area contributed by atoms with E-state index >= 15 is 0 Å². The molecule has 3 heterocycles. The van der Waals surface area contributed by atoms with E-state index in [0.29, 0.717) is 6.42 Å². The summed E-state index contributed by atoms with van der Waals surface area (Å²) in [5.41, 5.74) is -3.48. The van der Waals surface area contributed by atoms with Crippen LogP contribution in [0, 0.1) is 17.8 Å². The highest BCUT2D eigenvalue weighted by molar-refractivity contribution is 5.73. The number of likely N-dealkylation sites (N-methyl/N-ethyl adjacent to an activating group) is 1. The highest BCUT2D eigenvalue weighted by Gasteiger charge is 2.52. The van der Waals surface area contributed by atoms with E-state index in [0.717, 1.165) is 5.56 Å². The monoisotopic (exact) mass is 853 g/mol. The van der Waals surface area contributed by atoms with Gasteiger partial charge in [-0.25, -0.2) is 4.79 Å². The molecule has 0 unspecified atom stereocenters. The number of hydrogen-bond acceptors (Lipinski definition) is 14. The van der Waals surface area contributed by atoms with Gasteiger partial charge < -0.3 is 63.4 Å². The lowest BCUT2D eigenvalue weighted by Crippen LogP contribution is -2.60. The molecule has 344 valence electrons. The number of methoxy groups -OCH3 is 1. The first-order valence-electron chi connectivity index (χ1n) is 21.8. The van der Waals surface area contributed by atoms with Gasteiger partial charge in [0.1, 0.15) is 30.5 Å². The fourth-order valence-electron chi connectivity index (χ4n) is 9.61. The van der Waals surface area contributed by atoms with Gasteiger partial charge in [-0.15, -0.1) is 0 Å². The molecule has 4 rings (SSSR count). The summed E-state index contributed by atoms with van der Waals surface area (Å²) in [5.74, 6) is -2.85. The Labute approximate surface area is 357 Å². The van der Waals surface area contributed by atoms with Crippen LogP contribution in [-0.4, -0.2) is 154 Å². The minimum atomic E-state index is -1.68. The molecule has 15 heteroatoms. The molecule has 3 saturated heterocycles. The van der Waals surface area contributed by atoms with Gasteiger partial charge in [0, 0.05) is 38.1 Å². The number of ether oxygens (including phenoxy) is 7. The first kappa shape index (κ1) is 50.2. The average molecular weight is 853 g/mol. The number of aliphatic hydroxyl groups is 4. The van der Waals surface area contributed by atoms with Gasteiger partial charge in [-0.2, -0.15) is 0 Å². The third-order valence-electron chi connectivity index (χ3n) is 13.1. The molecule has 3 fully saturated rings. The molecule has 3 aliphatic rings. The van der Waals surface area contributed by atoms with Crippen molar-refractivity contribution in [2.24, 2.45) is 17.8 Å². The average Bonchev–Trinajstić information content (AvgIpc) is 3.18. The van der Waals surface area contributed by atoms with Crippen molar-refractivity contribution in [1.82, 2.24) is 9.80 Å². The van der Waals surface area contributed by atoms with Crippen LogP contribution in [0.4, 0.5) is 4.79 Å². The number of carbonyl (C=O) groups excluding carboxylic acids is 2. The van der Waals surface area contributed by atoms with Crippen LogP contribution in [0.1, 0.15) is 107 Å². The van der Waals surface area contributed by atoms with E-state index in [1.165, 1.54) is 7.11 Å². The summed E-state index contributed by atoms with van der Waals surface area (Å²) < 4.78 is 43.8. The predicted molar refractivity (Wildman–Crippen MR) is 223 cm³/mol. The molecule has 0 bridgehead atoms. The number of amides is 1. The maximum absolute atomic E-state index is 14.4. The second-order valence-corrected chi connectivity index (χ2v) is 18.9. The number of esters is 1. The van der Waals surface area contributed by atoms with Crippen LogP contribution in [0.25, 0.3) is 0 Å². The quantitative estimate of drug-likeness (QED) is 0.252. The summed E-state index contributed by atoms with van der Waals surface area (Å²) in [6.07, 6.45) is -7.84. The smallest absolute Gasteiger partial charge is 0.410 e. The molecule has 17 atom stereocenters. The van der Waals surface area contributed by atoms with E-state index in [1.54, 1.807) is 46.4 Å². The molecule has 0 aromatic heterocycles. The molecule has 3 aliphatic heterocycles. The summed E-state index contributed by atoms with van der Waals surface area (Å²) in [6.45, 7) is 17.8. The van der Waals surface area contributed by atoms with Gasteiger partial charge in [-0.3, -0.25) is 4.79 Å². The zero-order valence-electron chi connectivity index (χ0n) is 38.3. The van der Waals surface area contributed by atoms with Gasteiger partial charge in [-0.1, -0.05) is 51.1 Å². The minimum absolute atomic E-state index is 0.0370. The van der Waals surface area contributed by atoms with E-state index in [9.17, 15) is 30.0 Å². The molecule has 4 N–H and O–H groups in total. The van der Waals surface area contributed by atoms with Crippen LogP contribution < -0.4 is 0 Å². The second-order valence-electron chi connectivity index (χ2n) is 18.9. The van der Waals surface area contributed by atoms with Crippen molar-refractivity contribution >= 4 is 12.1 Å². The molecule has 1 aromatic rings. The maximum atomic E-state index is 14.4. The van der Waals surface area contributed by atoms with Crippen LogP contribution in [0.2, 0.25) is 0 Å². The second kappa shape index (κ2) is 20.8. The standard InChI is InChI=1S/C45H76N2O13/c1-14-34-43(8,52)22-27(3)47(42(51)55-25-32-18-16-15-17-19-32)24-26(2)21-44(9,53)39(60-41-36(48)33(46(11)12)20-28(4)56-41)29(5)37(30(6)40(50)58-34)59-35-23-45(10,54-13)38(49)31(7)57-35/h15-19,26-31,33-39,41,48-49,52-53H,14,20-25H2,1-13H3/t26-,27+,28-,29+,30-,31+,33+,34-,35+,36-,37+,38+,39-,41+,43+,44+,45-/m1/s1. The molecule has 0 radical (unpaired) electrons. The number of rotatable bonds is 9. The fourth-order valence-corrected chi connectivity index (χ4v) is 9.61. The summed E-state index contributed by atoms with van der Waals surface area (Å²) in [4.78, 5) is 31.9. The lowest BCUT2D eigenvalue weighted by atomic mass is 9.77. The van der Waals surface area contributed by atoms with Gasteiger partial charge in [0.25, 0.3) is 0 Å². The summed E-state index contributed by atoms with van der Waals surface area (Å²) in [7, 11) is 5.25. The maximum Gasteiger partial charge on any atom is 0.410 e. The Balaban J connectivity index is 1.81. The number of carbonyl (C=O) groups is 2. The SMILES string of the molecule is CC[C@H]1OC(=O)[C@H](C)[C@@H](O[C@H]2C[C@@](C)(OC)[C@@H](O)[C@H](C)O2)[C@H](C)[C@@H](O[C@@H]2O[C@H](C)C[C@H](N(C)C)[C@H]2O)[C@@](C)(O)C[C@@H](C)CN(C(=O)OCc2ccccc2)[C@@H](C)C[C@]1(C)O. The van der Waals surface area contributed by atoms with E-state index in [4.69, 9.17) is 33.2 Å². The molecule has 0 spiro atoms. The molecule has 1 amide bonds. The van der Waals surface area contributed by atoms with Crippen LogP contribution in [0.5, 0.6) is 0 Å². The van der Waals surface area contributed by atoms with Crippen molar-refractivity contribution in [2.45, 2.75) is 192 Å². The van der Waals surface area contributed by atoms with E-state index in [-0.39, 0.29) is 56.9 Å². The van der Waals surface area contributed by atoms with Gasteiger partial charge >= 0.3 is 12.1 Å². The normalized spacial score (nSPS) is 42.8. The number of nitrogens with zero attached hydrogens (tertiary/aromatic N) is 2. The largest absolute Gasteiger partial charge is 0.459 e. The highest BCUT2D eigenvalue weighted by Crippen LogP contribution is 2.40. The Morgan fingerprint density at radius 1 is 0.933 bits per heavy atom. The van der Waals surface area contributed by atoms with Crippen molar-refractivity contribution < 1.29 is 63.2 Å². The summed E-state index contributed by atoms with van der Waals surface area (Å²) >= 11 is 0. The third kappa shape index (κ3) is 12.2. The van der Waals surface area contributed by atoms with Gasteiger partial charge in [-0.05, 0) is 99.7 Å². The topological polar surface area (TPSA) is 186 Å². The molecular formula is C45H76N2O13. The van der Waals surface area contributed by atoms with E-state index in [2.05, 4.69) is 0 Å². The third-order valence-corrected chi connectivity index (χ3v) is 13.1. The lowest BCUT2D eigenvalue weighted by molar-refractivity contribution is -0.318. The van der Waals surface area contributed by atoms with Crippen LogP contribution in [0.3, 0.4) is 0 Å². The van der Waals surface area contributed by atoms with Crippen molar-refractivity contribution in [3.8, 4) is 0 Å². The van der Waals surface area contributed by atoms with Crippen molar-refractivity contribution in [1.29, 1.82) is 0 Å². The molecule has 15 nitrogen and oxygen atoms in total. The van der Waals surface area contributed by atoms with Crippen LogP contribution in [-0.2, 0) is 44.6 Å². The van der Waals surface area contributed by atoms with E-state index in [1.807, 2.05) is 77.0 Å². The van der Waals surface area contributed by atoms with Crippen LogP contribution in [0.15, 0.2) is 30.3 Å². The molecule has 1 aromatic carbocycles. The fraction of sp³-hybridized carbons (Fsp3) is 0.822. The molecule has 0 saturated carbocycles. The van der Waals surface area contributed by atoms with Crippen molar-refractivity contribution in [3.05, 3.63) is 35.9 Å². The number of cyclic esters (lactones) is 1. The van der Waals surface area contributed by atoms with Crippen LogP contribution >= 0.6 is 0 Å². The molecular weight excluding hydrogens is 776 g/mol. The minimum Gasteiger partial charge on any atom is -0.459 e. The first-order chi connectivity index (χ1) is 27.9. The number of hydrogen-bond donors (Lipinski definition) is 4. The first-order valence-corrected chi connectivity index (χ1v) is 21.8. The lowest BCUT2D eigenvalue weighted by Gasteiger charge is -2.48. The van der Waals surface area contributed by atoms with Gasteiger partial charge in [0.2, 0.25) is 0 Å². The predicted octanol–water partition coefficient (Wildman–Crippen LogP) is 4.64. The van der Waals surface area contributed by atoms with E-state index < -0.39 is 95.9 Å². The van der Waals surface area contributed by atoms with Gasteiger partial charge in [0.15, 0.2) is 12.6 Å². The van der Waals surface area contributed by atoms with Gasteiger partial charge in [0.05, 0.1) is 41.5 Å². The van der Waals surface area contributed by atoms with Crippen molar-refractivity contribution in [2.75, 3.05) is 27.7 Å². The Bertz CT molecular complexity index is 1510. The Kier molecular flexibility index (Phi) is 17.4. The van der Waals surface area contributed by atoms with Crippen molar-refractivity contribution in [3.63, 3.8) is 0 Å². The molecule has 60 heavy (non-hydrogen) atoms. The Morgan fingerprint density at radius 3 is 2.18 bits per heavy atom. The number of aliphatic hydroxyl groups excluding tert-OH is 2. The summed E-state index contributed by atoms with van der Waals surface area (Å²) in [5, 5.41) is 47.5. The highest BCUT2D eigenvalue weighted by atomic mass is 16.7. The Morgan fingerprint density at radius 2 is 1.58 bits per heavy atom. The molecule has 0 aliphatic carbocycles.